The van der Waals surface area contributed by atoms with Crippen LogP contribution in [0, 0.1) is 12.8 Å². The Morgan fingerprint density at radius 2 is 2.00 bits per heavy atom. The van der Waals surface area contributed by atoms with Crippen LogP contribution in [0.3, 0.4) is 0 Å². The van der Waals surface area contributed by atoms with Gasteiger partial charge in [0.15, 0.2) is 0 Å². The van der Waals surface area contributed by atoms with Gasteiger partial charge in [-0.3, -0.25) is 9.59 Å². The number of hydrogen-bond acceptors (Lipinski definition) is 3. The van der Waals surface area contributed by atoms with Gasteiger partial charge in [0.1, 0.15) is 6.04 Å². The number of carbonyl (C=O) groups is 2. The molecular formula is C17H24ClN3O2. The molecule has 6 heteroatoms. The minimum absolute atomic E-state index is 0. The van der Waals surface area contributed by atoms with Crippen molar-refractivity contribution in [2.24, 2.45) is 5.92 Å². The summed E-state index contributed by atoms with van der Waals surface area (Å²) in [4.78, 5) is 26.2. The molecule has 1 aromatic rings. The van der Waals surface area contributed by atoms with Crippen molar-refractivity contribution in [1.82, 2.24) is 15.5 Å². The standard InChI is InChI=1S/C17H23N3O2.ClH/c1-12-2-4-13(5-3-12)11-20-15(6-7-16(20)21)17(22)19-10-14-8-18-9-14;/h2-5,14-15,18H,6-11H2,1H3,(H,19,22);1H. The molecule has 126 valence electrons. The summed E-state index contributed by atoms with van der Waals surface area (Å²) in [6, 6.07) is 7.80. The lowest BCUT2D eigenvalue weighted by atomic mass is 10.0. The summed E-state index contributed by atoms with van der Waals surface area (Å²) >= 11 is 0. The van der Waals surface area contributed by atoms with Gasteiger partial charge in [0.05, 0.1) is 0 Å². The van der Waals surface area contributed by atoms with E-state index in [1.807, 2.05) is 31.2 Å². The Balaban J connectivity index is 0.00000192. The first-order chi connectivity index (χ1) is 10.6. The molecule has 2 aliphatic heterocycles. The summed E-state index contributed by atoms with van der Waals surface area (Å²) in [6.45, 7) is 5.20. The summed E-state index contributed by atoms with van der Waals surface area (Å²) in [5, 5.41) is 6.19. The van der Waals surface area contributed by atoms with E-state index in [2.05, 4.69) is 10.6 Å². The topological polar surface area (TPSA) is 61.4 Å². The van der Waals surface area contributed by atoms with Crippen molar-refractivity contribution in [3.8, 4) is 0 Å². The average molecular weight is 338 g/mol. The number of amides is 2. The van der Waals surface area contributed by atoms with Crippen LogP contribution in [0.25, 0.3) is 0 Å². The van der Waals surface area contributed by atoms with E-state index in [0.717, 1.165) is 18.7 Å². The molecular weight excluding hydrogens is 314 g/mol. The Labute approximate surface area is 143 Å². The van der Waals surface area contributed by atoms with Crippen molar-refractivity contribution in [3.63, 3.8) is 0 Å². The quantitative estimate of drug-likeness (QED) is 0.850. The van der Waals surface area contributed by atoms with Crippen LogP contribution in [0.15, 0.2) is 24.3 Å². The maximum Gasteiger partial charge on any atom is 0.242 e. The fourth-order valence-electron chi connectivity index (χ4n) is 2.95. The zero-order chi connectivity index (χ0) is 15.5. The first-order valence-electron chi connectivity index (χ1n) is 7.97. The molecule has 5 nitrogen and oxygen atoms in total. The lowest BCUT2D eigenvalue weighted by Gasteiger charge is -2.29. The minimum Gasteiger partial charge on any atom is -0.354 e. The molecule has 2 aliphatic rings. The molecule has 1 unspecified atom stereocenters. The Kier molecular flexibility index (Phi) is 6.02. The van der Waals surface area contributed by atoms with Crippen molar-refractivity contribution in [2.75, 3.05) is 19.6 Å². The van der Waals surface area contributed by atoms with E-state index in [0.29, 0.717) is 31.8 Å². The lowest BCUT2D eigenvalue weighted by molar-refractivity contribution is -0.135. The van der Waals surface area contributed by atoms with Gasteiger partial charge in [-0.2, -0.15) is 0 Å². The van der Waals surface area contributed by atoms with Crippen LogP contribution in [0.4, 0.5) is 0 Å². The zero-order valence-electron chi connectivity index (χ0n) is 13.4. The highest BCUT2D eigenvalue weighted by molar-refractivity contribution is 5.90. The second kappa shape index (κ2) is 7.79. The Morgan fingerprint density at radius 3 is 2.61 bits per heavy atom. The van der Waals surface area contributed by atoms with Gasteiger partial charge in [-0.1, -0.05) is 29.8 Å². The number of halogens is 1. The molecule has 2 saturated heterocycles. The molecule has 3 rings (SSSR count). The van der Waals surface area contributed by atoms with Crippen LogP contribution in [0.5, 0.6) is 0 Å². The zero-order valence-corrected chi connectivity index (χ0v) is 14.2. The maximum atomic E-state index is 12.4. The molecule has 2 fully saturated rings. The van der Waals surface area contributed by atoms with Crippen molar-refractivity contribution < 1.29 is 9.59 Å². The summed E-state index contributed by atoms with van der Waals surface area (Å²) in [5.74, 6) is 0.600. The molecule has 0 aliphatic carbocycles. The highest BCUT2D eigenvalue weighted by atomic mass is 35.5. The summed E-state index contributed by atoms with van der Waals surface area (Å²) in [7, 11) is 0. The van der Waals surface area contributed by atoms with Crippen molar-refractivity contribution in [1.29, 1.82) is 0 Å². The SMILES string of the molecule is Cc1ccc(CN2C(=O)CCC2C(=O)NCC2CNC2)cc1.Cl. The van der Waals surface area contributed by atoms with Crippen LogP contribution < -0.4 is 10.6 Å². The number of likely N-dealkylation sites (tertiary alicyclic amines) is 1. The van der Waals surface area contributed by atoms with Gasteiger partial charge < -0.3 is 15.5 Å². The van der Waals surface area contributed by atoms with E-state index in [-0.39, 0.29) is 30.3 Å². The number of carbonyl (C=O) groups excluding carboxylic acids is 2. The number of nitrogens with zero attached hydrogens (tertiary/aromatic N) is 1. The van der Waals surface area contributed by atoms with E-state index in [1.54, 1.807) is 4.90 Å². The molecule has 0 radical (unpaired) electrons. The molecule has 0 saturated carbocycles. The van der Waals surface area contributed by atoms with Crippen LogP contribution in [0.1, 0.15) is 24.0 Å². The van der Waals surface area contributed by atoms with Crippen molar-refractivity contribution in [3.05, 3.63) is 35.4 Å². The van der Waals surface area contributed by atoms with Gasteiger partial charge >= 0.3 is 0 Å². The molecule has 1 atom stereocenters. The smallest absolute Gasteiger partial charge is 0.242 e. The van der Waals surface area contributed by atoms with Gasteiger partial charge in [-0.05, 0) is 18.9 Å². The van der Waals surface area contributed by atoms with Gasteiger partial charge in [0, 0.05) is 38.5 Å². The minimum atomic E-state index is -0.318. The Bertz CT molecular complexity index is 557. The first kappa shape index (κ1) is 17.8. The highest BCUT2D eigenvalue weighted by Crippen LogP contribution is 2.22. The fourth-order valence-corrected chi connectivity index (χ4v) is 2.95. The van der Waals surface area contributed by atoms with E-state index in [4.69, 9.17) is 0 Å². The van der Waals surface area contributed by atoms with E-state index >= 15 is 0 Å². The molecule has 23 heavy (non-hydrogen) atoms. The molecule has 2 amide bonds. The molecule has 2 heterocycles. The molecule has 0 bridgehead atoms. The van der Waals surface area contributed by atoms with Gasteiger partial charge in [0.2, 0.25) is 11.8 Å². The monoisotopic (exact) mass is 337 g/mol. The van der Waals surface area contributed by atoms with Crippen LogP contribution in [-0.4, -0.2) is 42.4 Å². The lowest BCUT2D eigenvalue weighted by Crippen LogP contribution is -2.51. The Morgan fingerprint density at radius 1 is 1.30 bits per heavy atom. The number of benzene rings is 1. The average Bonchev–Trinajstić information content (AvgIpc) is 2.81. The molecule has 1 aromatic carbocycles. The van der Waals surface area contributed by atoms with Gasteiger partial charge in [0.25, 0.3) is 0 Å². The Hall–Kier alpha value is -1.59. The maximum absolute atomic E-state index is 12.4. The first-order valence-corrected chi connectivity index (χ1v) is 7.97. The molecule has 0 spiro atoms. The third-order valence-electron chi connectivity index (χ3n) is 4.54. The number of rotatable bonds is 5. The van der Waals surface area contributed by atoms with E-state index in [9.17, 15) is 9.59 Å². The molecule has 0 aromatic heterocycles. The second-order valence-corrected chi connectivity index (χ2v) is 6.33. The van der Waals surface area contributed by atoms with Crippen molar-refractivity contribution in [2.45, 2.75) is 32.4 Å². The van der Waals surface area contributed by atoms with E-state index < -0.39 is 0 Å². The number of nitrogens with one attached hydrogen (secondary N) is 2. The third-order valence-corrected chi connectivity index (χ3v) is 4.54. The number of aryl methyl sites for hydroxylation is 1. The largest absolute Gasteiger partial charge is 0.354 e. The second-order valence-electron chi connectivity index (χ2n) is 6.33. The summed E-state index contributed by atoms with van der Waals surface area (Å²) < 4.78 is 0. The van der Waals surface area contributed by atoms with Crippen LogP contribution >= 0.6 is 12.4 Å². The van der Waals surface area contributed by atoms with Gasteiger partial charge in [-0.25, -0.2) is 0 Å². The van der Waals surface area contributed by atoms with E-state index in [1.165, 1.54) is 5.56 Å². The summed E-state index contributed by atoms with van der Waals surface area (Å²) in [6.07, 6.45) is 1.09. The highest BCUT2D eigenvalue weighted by Gasteiger charge is 2.36. The van der Waals surface area contributed by atoms with Crippen LogP contribution in [-0.2, 0) is 16.1 Å². The predicted molar refractivity (Wildman–Crippen MR) is 91.4 cm³/mol. The summed E-state index contributed by atoms with van der Waals surface area (Å²) in [5.41, 5.74) is 2.27. The third kappa shape index (κ3) is 4.24. The fraction of sp³-hybridized carbons (Fsp3) is 0.529. The van der Waals surface area contributed by atoms with Crippen molar-refractivity contribution >= 4 is 24.2 Å². The normalized spacial score (nSPS) is 20.8. The number of hydrogen-bond donors (Lipinski definition) is 2. The van der Waals surface area contributed by atoms with Gasteiger partial charge in [-0.15, -0.1) is 12.4 Å². The molecule has 2 N–H and O–H groups in total. The van der Waals surface area contributed by atoms with Crippen LogP contribution in [0.2, 0.25) is 0 Å². The predicted octanol–water partition coefficient (Wildman–Crippen LogP) is 1.24.